The molecule has 4 heteroatoms. The first kappa shape index (κ1) is 13.6. The Hall–Kier alpha value is -2.36. The number of nitrogens with zero attached hydrogens (tertiary/aromatic N) is 1. The molecule has 1 heterocycles. The molecule has 0 saturated heterocycles. The van der Waals surface area contributed by atoms with E-state index in [-0.39, 0.29) is 17.9 Å². The van der Waals surface area contributed by atoms with Crippen molar-refractivity contribution in [3.63, 3.8) is 0 Å². The number of amides is 1. The molecule has 0 aliphatic carbocycles. The first-order valence-corrected chi connectivity index (χ1v) is 7.12. The van der Waals surface area contributed by atoms with Crippen LogP contribution < -0.4 is 5.32 Å². The highest BCUT2D eigenvalue weighted by molar-refractivity contribution is 6.01. The lowest BCUT2D eigenvalue weighted by atomic mass is 10.0. The first-order valence-electron chi connectivity index (χ1n) is 7.12. The van der Waals surface area contributed by atoms with E-state index < -0.39 is 0 Å². The summed E-state index contributed by atoms with van der Waals surface area (Å²) in [5, 5.41) is 3.38. The first-order chi connectivity index (χ1) is 10.2. The van der Waals surface area contributed by atoms with Crippen LogP contribution in [0.1, 0.15) is 35.4 Å². The summed E-state index contributed by atoms with van der Waals surface area (Å²) < 4.78 is 13.1. The van der Waals surface area contributed by atoms with Gasteiger partial charge in [-0.25, -0.2) is 4.39 Å². The smallest absolute Gasteiger partial charge is 0.257 e. The van der Waals surface area contributed by atoms with Gasteiger partial charge < -0.3 is 10.2 Å². The summed E-state index contributed by atoms with van der Waals surface area (Å²) in [4.78, 5) is 14.5. The standard InChI is InChI=1S/C17H17FN2O/c1-2-11-20-16(12-7-9-13(18)10-8-12)19-15-6-4-3-5-14(15)17(20)21/h3-10,16,19H,2,11H2,1H3/t16-/m1/s1. The minimum atomic E-state index is -0.275. The highest BCUT2D eigenvalue weighted by atomic mass is 19.1. The number of rotatable bonds is 3. The Kier molecular flexibility index (Phi) is 3.60. The van der Waals surface area contributed by atoms with Gasteiger partial charge in [0.05, 0.1) is 5.56 Å². The summed E-state index contributed by atoms with van der Waals surface area (Å²) >= 11 is 0. The van der Waals surface area contributed by atoms with Gasteiger partial charge in [0.15, 0.2) is 0 Å². The summed E-state index contributed by atoms with van der Waals surface area (Å²) in [6.45, 7) is 2.69. The number of carbonyl (C=O) groups is 1. The van der Waals surface area contributed by atoms with Crippen molar-refractivity contribution in [3.05, 3.63) is 65.5 Å². The third-order valence-corrected chi connectivity index (χ3v) is 3.67. The monoisotopic (exact) mass is 284 g/mol. The highest BCUT2D eigenvalue weighted by Gasteiger charge is 2.31. The Morgan fingerprint density at radius 2 is 1.86 bits per heavy atom. The van der Waals surface area contributed by atoms with Crippen molar-refractivity contribution in [2.75, 3.05) is 11.9 Å². The number of nitrogens with one attached hydrogen (secondary N) is 1. The van der Waals surface area contributed by atoms with Gasteiger partial charge in [0, 0.05) is 12.2 Å². The summed E-state index contributed by atoms with van der Waals surface area (Å²) in [7, 11) is 0. The van der Waals surface area contributed by atoms with Crippen LogP contribution in [-0.4, -0.2) is 17.4 Å². The molecule has 1 atom stereocenters. The van der Waals surface area contributed by atoms with Crippen LogP contribution in [0.5, 0.6) is 0 Å². The summed E-state index contributed by atoms with van der Waals surface area (Å²) in [6.07, 6.45) is 0.612. The molecular weight excluding hydrogens is 267 g/mol. The van der Waals surface area contributed by atoms with Gasteiger partial charge in [0.2, 0.25) is 0 Å². The van der Waals surface area contributed by atoms with Crippen LogP contribution in [0.2, 0.25) is 0 Å². The number of carbonyl (C=O) groups excluding carboxylic acids is 1. The molecule has 0 radical (unpaired) electrons. The summed E-state index contributed by atoms with van der Waals surface area (Å²) in [5.74, 6) is -0.260. The molecule has 0 bridgehead atoms. The van der Waals surface area contributed by atoms with Crippen LogP contribution in [0.3, 0.4) is 0 Å². The quantitative estimate of drug-likeness (QED) is 0.929. The minimum absolute atomic E-state index is 0.0144. The van der Waals surface area contributed by atoms with E-state index in [1.165, 1.54) is 12.1 Å². The third-order valence-electron chi connectivity index (χ3n) is 3.67. The van der Waals surface area contributed by atoms with Gasteiger partial charge in [-0.05, 0) is 36.2 Å². The fourth-order valence-electron chi connectivity index (χ4n) is 2.67. The minimum Gasteiger partial charge on any atom is -0.361 e. The van der Waals surface area contributed by atoms with Crippen LogP contribution >= 0.6 is 0 Å². The van der Waals surface area contributed by atoms with Crippen LogP contribution in [-0.2, 0) is 0 Å². The maximum atomic E-state index is 13.1. The molecule has 2 aromatic rings. The fourth-order valence-corrected chi connectivity index (χ4v) is 2.67. The number of anilines is 1. The molecule has 21 heavy (non-hydrogen) atoms. The predicted octanol–water partition coefficient (Wildman–Crippen LogP) is 3.80. The second-order valence-electron chi connectivity index (χ2n) is 5.14. The molecule has 0 spiro atoms. The number of benzene rings is 2. The molecule has 3 nitrogen and oxygen atoms in total. The van der Waals surface area contributed by atoms with Crippen molar-refractivity contribution in [1.29, 1.82) is 0 Å². The van der Waals surface area contributed by atoms with Crippen LogP contribution in [0.4, 0.5) is 10.1 Å². The molecule has 0 fully saturated rings. The van der Waals surface area contributed by atoms with E-state index in [2.05, 4.69) is 5.32 Å². The Bertz CT molecular complexity index is 654. The van der Waals surface area contributed by atoms with Crippen molar-refractivity contribution < 1.29 is 9.18 Å². The Morgan fingerprint density at radius 1 is 1.14 bits per heavy atom. The topological polar surface area (TPSA) is 32.3 Å². The largest absolute Gasteiger partial charge is 0.361 e. The number of fused-ring (bicyclic) bond motifs is 1. The zero-order valence-electron chi connectivity index (χ0n) is 11.8. The molecule has 0 saturated carbocycles. The number of para-hydroxylation sites is 1. The van der Waals surface area contributed by atoms with Crippen molar-refractivity contribution in [1.82, 2.24) is 4.90 Å². The van der Waals surface area contributed by atoms with Gasteiger partial charge in [0.25, 0.3) is 5.91 Å². The predicted molar refractivity (Wildman–Crippen MR) is 80.5 cm³/mol. The lowest BCUT2D eigenvalue weighted by molar-refractivity contribution is 0.0683. The Labute approximate surface area is 123 Å². The Balaban J connectivity index is 2.02. The lowest BCUT2D eigenvalue weighted by Crippen LogP contribution is -2.43. The third kappa shape index (κ3) is 2.49. The van der Waals surface area contributed by atoms with Gasteiger partial charge >= 0.3 is 0 Å². The fraction of sp³-hybridized carbons (Fsp3) is 0.235. The van der Waals surface area contributed by atoms with Gasteiger partial charge in [0.1, 0.15) is 12.0 Å². The summed E-state index contributed by atoms with van der Waals surface area (Å²) in [5.41, 5.74) is 2.39. The zero-order valence-corrected chi connectivity index (χ0v) is 11.8. The Morgan fingerprint density at radius 3 is 2.57 bits per heavy atom. The van der Waals surface area contributed by atoms with Crippen LogP contribution in [0.15, 0.2) is 48.5 Å². The molecular formula is C17H17FN2O. The van der Waals surface area contributed by atoms with Gasteiger partial charge in [-0.1, -0.05) is 31.2 Å². The molecule has 0 aromatic heterocycles. The van der Waals surface area contributed by atoms with Gasteiger partial charge in [-0.2, -0.15) is 0 Å². The van der Waals surface area contributed by atoms with Crippen molar-refractivity contribution in [3.8, 4) is 0 Å². The molecule has 0 unspecified atom stereocenters. The maximum absolute atomic E-state index is 13.1. The van der Waals surface area contributed by atoms with E-state index >= 15 is 0 Å². The molecule has 1 N–H and O–H groups in total. The average Bonchev–Trinajstić information content (AvgIpc) is 2.51. The molecule has 1 amide bonds. The van der Waals surface area contributed by atoms with E-state index in [4.69, 9.17) is 0 Å². The SMILES string of the molecule is CCCN1C(=O)c2ccccc2N[C@H]1c1ccc(F)cc1. The number of hydrogen-bond donors (Lipinski definition) is 1. The summed E-state index contributed by atoms with van der Waals surface area (Å²) in [6, 6.07) is 13.8. The van der Waals surface area contributed by atoms with Crippen molar-refractivity contribution in [2.45, 2.75) is 19.5 Å². The second-order valence-corrected chi connectivity index (χ2v) is 5.14. The van der Waals surface area contributed by atoms with E-state index in [0.717, 1.165) is 17.7 Å². The van der Waals surface area contributed by atoms with Gasteiger partial charge in [-0.15, -0.1) is 0 Å². The number of hydrogen-bond acceptors (Lipinski definition) is 2. The van der Waals surface area contributed by atoms with E-state index in [0.29, 0.717) is 12.1 Å². The molecule has 108 valence electrons. The highest BCUT2D eigenvalue weighted by Crippen LogP contribution is 2.32. The van der Waals surface area contributed by atoms with E-state index in [1.807, 2.05) is 31.2 Å². The molecule has 3 rings (SSSR count). The molecule has 1 aliphatic heterocycles. The zero-order chi connectivity index (χ0) is 14.8. The second kappa shape index (κ2) is 5.56. The van der Waals surface area contributed by atoms with Crippen molar-refractivity contribution >= 4 is 11.6 Å². The van der Waals surface area contributed by atoms with Crippen molar-refractivity contribution in [2.24, 2.45) is 0 Å². The molecule has 1 aliphatic rings. The van der Waals surface area contributed by atoms with Crippen LogP contribution in [0.25, 0.3) is 0 Å². The molecule has 2 aromatic carbocycles. The average molecular weight is 284 g/mol. The van der Waals surface area contributed by atoms with Crippen LogP contribution in [0, 0.1) is 5.82 Å². The van der Waals surface area contributed by atoms with Gasteiger partial charge in [-0.3, -0.25) is 4.79 Å². The van der Waals surface area contributed by atoms with E-state index in [9.17, 15) is 9.18 Å². The normalized spacial score (nSPS) is 17.3. The van der Waals surface area contributed by atoms with E-state index in [1.54, 1.807) is 17.0 Å². The lowest BCUT2D eigenvalue weighted by Gasteiger charge is -2.38. The number of halogens is 1. The maximum Gasteiger partial charge on any atom is 0.257 e.